The lowest BCUT2D eigenvalue weighted by molar-refractivity contribution is -0.142. The van der Waals surface area contributed by atoms with E-state index in [1.165, 1.54) is 23.7 Å². The summed E-state index contributed by atoms with van der Waals surface area (Å²) in [6.45, 7) is -0.280. The number of likely N-dealkylation sites (N-methyl/N-ethyl adjacent to an activating group) is 1. The van der Waals surface area contributed by atoms with E-state index in [9.17, 15) is 9.59 Å². The van der Waals surface area contributed by atoms with E-state index in [4.69, 9.17) is 9.84 Å². The lowest BCUT2D eigenvalue weighted by Gasteiger charge is -2.14. The fourth-order valence-electron chi connectivity index (χ4n) is 1.24. The number of carbonyl (C=O) groups excluding carboxylic acids is 1. The normalized spacial score (nSPS) is 9.89. The Kier molecular flexibility index (Phi) is 5.51. The fourth-order valence-corrected chi connectivity index (χ4v) is 2.12. The molecular weight excluding hydrogens is 254 g/mol. The van der Waals surface area contributed by atoms with Crippen LogP contribution in [0.4, 0.5) is 0 Å². The van der Waals surface area contributed by atoms with Crippen LogP contribution >= 0.6 is 11.8 Å². The summed E-state index contributed by atoms with van der Waals surface area (Å²) >= 11 is 1.35. The Labute approximate surface area is 110 Å². The van der Waals surface area contributed by atoms with Gasteiger partial charge < -0.3 is 14.7 Å². The highest BCUT2D eigenvalue weighted by atomic mass is 32.2. The minimum absolute atomic E-state index is 0.205. The Morgan fingerprint density at radius 1 is 1.44 bits per heavy atom. The van der Waals surface area contributed by atoms with Gasteiger partial charge in [-0.05, 0) is 18.2 Å². The third-order valence-electron chi connectivity index (χ3n) is 2.20. The zero-order chi connectivity index (χ0) is 13.5. The molecule has 5 nitrogen and oxygen atoms in total. The molecule has 0 aromatic heterocycles. The van der Waals surface area contributed by atoms with Crippen LogP contribution in [0.25, 0.3) is 0 Å². The zero-order valence-electron chi connectivity index (χ0n) is 10.3. The van der Waals surface area contributed by atoms with Crippen LogP contribution in [0.15, 0.2) is 29.2 Å². The number of hydrogen-bond donors (Lipinski definition) is 1. The van der Waals surface area contributed by atoms with E-state index in [1.54, 1.807) is 7.11 Å². The molecular formula is C12H15NO4S. The number of amides is 1. The van der Waals surface area contributed by atoms with E-state index in [2.05, 4.69) is 0 Å². The number of thioether (sulfide) groups is 1. The number of ether oxygens (including phenoxy) is 1. The third-order valence-corrected chi connectivity index (χ3v) is 3.18. The van der Waals surface area contributed by atoms with Crippen molar-refractivity contribution in [3.8, 4) is 5.75 Å². The smallest absolute Gasteiger partial charge is 0.323 e. The van der Waals surface area contributed by atoms with E-state index >= 15 is 0 Å². The Morgan fingerprint density at radius 2 is 2.17 bits per heavy atom. The number of hydrogen-bond acceptors (Lipinski definition) is 4. The summed E-state index contributed by atoms with van der Waals surface area (Å²) in [6, 6.07) is 7.36. The van der Waals surface area contributed by atoms with Crippen molar-refractivity contribution in [2.24, 2.45) is 0 Å². The number of carbonyl (C=O) groups is 2. The Morgan fingerprint density at radius 3 is 2.78 bits per heavy atom. The number of aliphatic carboxylic acids is 1. The fraction of sp³-hybridized carbons (Fsp3) is 0.333. The molecule has 18 heavy (non-hydrogen) atoms. The maximum absolute atomic E-state index is 11.6. The maximum atomic E-state index is 11.6. The van der Waals surface area contributed by atoms with Gasteiger partial charge in [0.15, 0.2) is 0 Å². The first-order chi connectivity index (χ1) is 8.52. The monoisotopic (exact) mass is 269 g/mol. The molecule has 6 heteroatoms. The second-order valence-electron chi connectivity index (χ2n) is 3.61. The number of carboxylic acids is 1. The van der Waals surface area contributed by atoms with Crippen LogP contribution in [0.2, 0.25) is 0 Å². The molecule has 98 valence electrons. The van der Waals surface area contributed by atoms with Crippen LogP contribution in [-0.4, -0.2) is 48.3 Å². The Hall–Kier alpha value is -1.69. The van der Waals surface area contributed by atoms with E-state index in [1.807, 2.05) is 24.3 Å². The molecule has 0 spiro atoms. The van der Waals surface area contributed by atoms with Crippen molar-refractivity contribution in [2.75, 3.05) is 26.5 Å². The molecule has 0 unspecified atom stereocenters. The number of benzene rings is 1. The van der Waals surface area contributed by atoms with Crippen molar-refractivity contribution in [1.29, 1.82) is 0 Å². The maximum Gasteiger partial charge on any atom is 0.323 e. The van der Waals surface area contributed by atoms with Crippen molar-refractivity contribution in [1.82, 2.24) is 4.90 Å². The molecule has 0 saturated carbocycles. The summed E-state index contributed by atoms with van der Waals surface area (Å²) in [5.74, 6) is -0.300. The van der Waals surface area contributed by atoms with Crippen LogP contribution in [0.1, 0.15) is 0 Å². The SMILES string of the molecule is COc1cccc(SCC(=O)N(C)CC(=O)O)c1. The number of rotatable bonds is 6. The van der Waals surface area contributed by atoms with E-state index < -0.39 is 5.97 Å². The van der Waals surface area contributed by atoms with Crippen LogP contribution in [0, 0.1) is 0 Å². The average molecular weight is 269 g/mol. The van der Waals surface area contributed by atoms with E-state index in [-0.39, 0.29) is 18.2 Å². The largest absolute Gasteiger partial charge is 0.497 e. The van der Waals surface area contributed by atoms with Crippen LogP contribution < -0.4 is 4.74 Å². The third kappa shape index (κ3) is 4.67. The summed E-state index contributed by atoms with van der Waals surface area (Å²) in [5, 5.41) is 8.57. The van der Waals surface area contributed by atoms with Crippen molar-refractivity contribution in [2.45, 2.75) is 4.90 Å². The number of nitrogens with zero attached hydrogens (tertiary/aromatic N) is 1. The number of methoxy groups -OCH3 is 1. The number of carboxylic acid groups (broad SMARTS) is 1. The lowest BCUT2D eigenvalue weighted by atomic mass is 10.3. The van der Waals surface area contributed by atoms with Crippen molar-refractivity contribution in [3.05, 3.63) is 24.3 Å². The molecule has 1 aromatic rings. The Bertz CT molecular complexity index is 436. The molecule has 1 aromatic carbocycles. The first-order valence-corrected chi connectivity index (χ1v) is 6.24. The van der Waals surface area contributed by atoms with Crippen molar-refractivity contribution >= 4 is 23.6 Å². The summed E-state index contributed by atoms with van der Waals surface area (Å²) in [7, 11) is 3.05. The standard InChI is InChI=1S/C12H15NO4S/c1-13(7-12(15)16)11(14)8-18-10-5-3-4-9(6-10)17-2/h3-6H,7-8H2,1-2H3,(H,15,16). The highest BCUT2D eigenvalue weighted by molar-refractivity contribution is 8.00. The zero-order valence-corrected chi connectivity index (χ0v) is 11.1. The predicted octanol–water partition coefficient (Wildman–Crippen LogP) is 1.33. The summed E-state index contributed by atoms with van der Waals surface area (Å²) in [6.07, 6.45) is 0. The molecule has 0 heterocycles. The van der Waals surface area contributed by atoms with Gasteiger partial charge in [-0.1, -0.05) is 6.07 Å². The van der Waals surface area contributed by atoms with Crippen molar-refractivity contribution in [3.63, 3.8) is 0 Å². The first kappa shape index (κ1) is 14.4. The van der Waals surface area contributed by atoms with Gasteiger partial charge in [0, 0.05) is 11.9 Å². The second kappa shape index (κ2) is 6.90. The van der Waals surface area contributed by atoms with Gasteiger partial charge in [0.25, 0.3) is 0 Å². The highest BCUT2D eigenvalue weighted by Crippen LogP contribution is 2.22. The molecule has 0 atom stereocenters. The molecule has 0 radical (unpaired) electrons. The van der Waals surface area contributed by atoms with E-state index in [0.717, 1.165) is 10.6 Å². The quantitative estimate of drug-likeness (QED) is 0.789. The summed E-state index contributed by atoms with van der Waals surface area (Å²) in [4.78, 5) is 24.2. The second-order valence-corrected chi connectivity index (χ2v) is 4.66. The molecule has 1 N–H and O–H groups in total. The Balaban J connectivity index is 2.49. The lowest BCUT2D eigenvalue weighted by Crippen LogP contribution is -2.33. The van der Waals surface area contributed by atoms with Crippen LogP contribution in [0.3, 0.4) is 0 Å². The van der Waals surface area contributed by atoms with Gasteiger partial charge in [-0.25, -0.2) is 0 Å². The van der Waals surface area contributed by atoms with Gasteiger partial charge in [-0.3, -0.25) is 9.59 Å². The molecule has 0 bridgehead atoms. The van der Waals surface area contributed by atoms with Crippen LogP contribution in [-0.2, 0) is 9.59 Å². The minimum Gasteiger partial charge on any atom is -0.497 e. The highest BCUT2D eigenvalue weighted by Gasteiger charge is 2.12. The van der Waals surface area contributed by atoms with Crippen molar-refractivity contribution < 1.29 is 19.4 Å². The molecule has 0 aliphatic carbocycles. The van der Waals surface area contributed by atoms with Gasteiger partial charge in [0.2, 0.25) is 5.91 Å². The average Bonchev–Trinajstić information content (AvgIpc) is 2.35. The molecule has 0 fully saturated rings. The van der Waals surface area contributed by atoms with Gasteiger partial charge in [0.1, 0.15) is 12.3 Å². The topological polar surface area (TPSA) is 66.8 Å². The van der Waals surface area contributed by atoms with Gasteiger partial charge in [0.05, 0.1) is 12.9 Å². The molecule has 0 saturated heterocycles. The summed E-state index contributed by atoms with van der Waals surface area (Å²) < 4.78 is 5.08. The first-order valence-electron chi connectivity index (χ1n) is 5.25. The van der Waals surface area contributed by atoms with Gasteiger partial charge in [-0.15, -0.1) is 11.8 Å². The minimum atomic E-state index is -1.02. The molecule has 1 rings (SSSR count). The molecule has 0 aliphatic heterocycles. The molecule has 0 aliphatic rings. The van der Waals surface area contributed by atoms with Gasteiger partial charge >= 0.3 is 5.97 Å². The van der Waals surface area contributed by atoms with Crippen LogP contribution in [0.5, 0.6) is 5.75 Å². The molecule has 1 amide bonds. The van der Waals surface area contributed by atoms with E-state index in [0.29, 0.717) is 0 Å². The predicted molar refractivity (Wildman–Crippen MR) is 69.0 cm³/mol. The summed E-state index contributed by atoms with van der Waals surface area (Å²) in [5.41, 5.74) is 0. The van der Waals surface area contributed by atoms with Gasteiger partial charge in [-0.2, -0.15) is 0 Å².